The smallest absolute Gasteiger partial charge is 0.153 e. The van der Waals surface area contributed by atoms with Gasteiger partial charge in [-0.3, -0.25) is 4.90 Å². The third-order valence-corrected chi connectivity index (χ3v) is 4.02. The summed E-state index contributed by atoms with van der Waals surface area (Å²) < 4.78 is 0. The normalized spacial score (nSPS) is 29.0. The molecule has 5 heteroatoms. The van der Waals surface area contributed by atoms with Crippen LogP contribution in [0.15, 0.2) is 12.3 Å². The number of rotatable bonds is 2. The first kappa shape index (κ1) is 11.2. The predicted molar refractivity (Wildman–Crippen MR) is 68.3 cm³/mol. The van der Waals surface area contributed by atoms with Crippen molar-refractivity contribution in [3.8, 4) is 0 Å². The molecule has 3 heterocycles. The van der Waals surface area contributed by atoms with Crippen LogP contribution in [0.5, 0.6) is 0 Å². The summed E-state index contributed by atoms with van der Waals surface area (Å²) in [5.74, 6) is 0. The number of anilines is 1. The zero-order valence-corrected chi connectivity index (χ0v) is 10.5. The fourth-order valence-electron chi connectivity index (χ4n) is 3.05. The SMILES string of the molecule is Clc1cc(NC2CCN3CCCCC23)cnn1. The number of nitrogens with one attached hydrogen (secondary N) is 1. The minimum absolute atomic E-state index is 0.452. The van der Waals surface area contributed by atoms with Gasteiger partial charge in [0.15, 0.2) is 5.15 Å². The van der Waals surface area contributed by atoms with Crippen LogP contribution in [0.25, 0.3) is 0 Å². The lowest BCUT2D eigenvalue weighted by molar-refractivity contribution is 0.193. The summed E-state index contributed by atoms with van der Waals surface area (Å²) in [6.07, 6.45) is 6.98. The molecule has 0 aliphatic carbocycles. The first-order chi connectivity index (χ1) is 8.33. The van der Waals surface area contributed by atoms with Crippen LogP contribution < -0.4 is 5.32 Å². The van der Waals surface area contributed by atoms with Crippen LogP contribution in [-0.2, 0) is 0 Å². The molecule has 0 amide bonds. The van der Waals surface area contributed by atoms with E-state index in [1.54, 1.807) is 6.20 Å². The largest absolute Gasteiger partial charge is 0.379 e. The van der Waals surface area contributed by atoms with Crippen LogP contribution in [0.2, 0.25) is 5.15 Å². The minimum atomic E-state index is 0.452. The number of fused-ring (bicyclic) bond motifs is 1. The molecule has 2 atom stereocenters. The second-order valence-electron chi connectivity index (χ2n) is 4.91. The summed E-state index contributed by atoms with van der Waals surface area (Å²) in [5.41, 5.74) is 0.988. The van der Waals surface area contributed by atoms with Gasteiger partial charge in [-0.05, 0) is 25.8 Å². The lowest BCUT2D eigenvalue weighted by Crippen LogP contribution is -2.41. The molecule has 0 saturated carbocycles. The van der Waals surface area contributed by atoms with Crippen molar-refractivity contribution < 1.29 is 0 Å². The summed E-state index contributed by atoms with van der Waals surface area (Å²) in [6, 6.07) is 3.08. The van der Waals surface area contributed by atoms with Crippen LogP contribution in [0.4, 0.5) is 5.69 Å². The Labute approximate surface area is 106 Å². The van der Waals surface area contributed by atoms with Crippen molar-refractivity contribution in [2.45, 2.75) is 37.8 Å². The Balaban J connectivity index is 1.69. The molecule has 0 aromatic carbocycles. The molecule has 0 radical (unpaired) electrons. The van der Waals surface area contributed by atoms with Gasteiger partial charge in [0, 0.05) is 24.7 Å². The number of nitrogens with zero attached hydrogens (tertiary/aromatic N) is 3. The van der Waals surface area contributed by atoms with E-state index in [2.05, 4.69) is 20.4 Å². The predicted octanol–water partition coefficient (Wildman–Crippen LogP) is 2.17. The molecule has 0 bridgehead atoms. The molecule has 2 unspecified atom stereocenters. The monoisotopic (exact) mass is 252 g/mol. The van der Waals surface area contributed by atoms with Crippen molar-refractivity contribution in [1.82, 2.24) is 15.1 Å². The Kier molecular flexibility index (Phi) is 3.16. The highest BCUT2D eigenvalue weighted by Gasteiger charge is 2.35. The number of aromatic nitrogens is 2. The molecule has 2 aliphatic heterocycles. The molecule has 2 saturated heterocycles. The Morgan fingerprint density at radius 1 is 1.29 bits per heavy atom. The van der Waals surface area contributed by atoms with E-state index in [9.17, 15) is 0 Å². The van der Waals surface area contributed by atoms with Crippen LogP contribution in [0.3, 0.4) is 0 Å². The van der Waals surface area contributed by atoms with Crippen LogP contribution >= 0.6 is 11.6 Å². The molecule has 0 spiro atoms. The maximum absolute atomic E-state index is 5.84. The molecule has 2 aliphatic rings. The van der Waals surface area contributed by atoms with E-state index < -0.39 is 0 Å². The summed E-state index contributed by atoms with van der Waals surface area (Å²) in [6.45, 7) is 2.48. The van der Waals surface area contributed by atoms with Crippen molar-refractivity contribution in [3.05, 3.63) is 17.4 Å². The molecule has 3 rings (SSSR count). The standard InChI is InChI=1S/C12H17ClN4/c13-12-7-9(8-14-16-12)15-10-4-6-17-5-2-1-3-11(10)17/h7-8,10-11H,1-6H2,(H,15,16). The van der Waals surface area contributed by atoms with Crippen molar-refractivity contribution in [2.75, 3.05) is 18.4 Å². The first-order valence-corrected chi connectivity index (χ1v) is 6.69. The maximum atomic E-state index is 5.84. The van der Waals surface area contributed by atoms with E-state index in [1.165, 1.54) is 38.8 Å². The lowest BCUT2D eigenvalue weighted by Gasteiger charge is -2.32. The van der Waals surface area contributed by atoms with Crippen LogP contribution in [0, 0.1) is 0 Å². The van der Waals surface area contributed by atoms with Gasteiger partial charge in [0.25, 0.3) is 0 Å². The zero-order chi connectivity index (χ0) is 11.7. The Morgan fingerprint density at radius 3 is 3.12 bits per heavy atom. The fraction of sp³-hybridized carbons (Fsp3) is 0.667. The summed E-state index contributed by atoms with van der Waals surface area (Å²) in [4.78, 5) is 2.61. The van der Waals surface area contributed by atoms with E-state index in [1.807, 2.05) is 6.07 Å². The fourth-order valence-corrected chi connectivity index (χ4v) is 3.21. The van der Waals surface area contributed by atoms with Gasteiger partial charge >= 0.3 is 0 Å². The lowest BCUT2D eigenvalue weighted by atomic mass is 9.99. The molecular weight excluding hydrogens is 236 g/mol. The highest BCUT2D eigenvalue weighted by Crippen LogP contribution is 2.29. The number of hydrogen-bond donors (Lipinski definition) is 1. The van der Waals surface area contributed by atoms with Crippen molar-refractivity contribution in [1.29, 1.82) is 0 Å². The molecule has 1 aromatic rings. The third-order valence-electron chi connectivity index (χ3n) is 3.83. The van der Waals surface area contributed by atoms with Gasteiger partial charge in [0.1, 0.15) is 0 Å². The van der Waals surface area contributed by atoms with Gasteiger partial charge in [-0.25, -0.2) is 0 Å². The number of piperidine rings is 1. The van der Waals surface area contributed by atoms with E-state index in [0.717, 1.165) is 5.69 Å². The minimum Gasteiger partial charge on any atom is -0.379 e. The van der Waals surface area contributed by atoms with Gasteiger partial charge in [0.05, 0.1) is 11.9 Å². The van der Waals surface area contributed by atoms with Crippen LogP contribution in [0.1, 0.15) is 25.7 Å². The Hall–Kier alpha value is -0.870. The average Bonchev–Trinajstić information content (AvgIpc) is 2.73. The van der Waals surface area contributed by atoms with Crippen molar-refractivity contribution >= 4 is 17.3 Å². The zero-order valence-electron chi connectivity index (χ0n) is 9.77. The number of halogens is 1. The van der Waals surface area contributed by atoms with E-state index >= 15 is 0 Å². The molecule has 92 valence electrons. The van der Waals surface area contributed by atoms with Crippen LogP contribution in [-0.4, -0.2) is 40.3 Å². The quantitative estimate of drug-likeness (QED) is 0.876. The summed E-state index contributed by atoms with van der Waals surface area (Å²) >= 11 is 5.84. The molecule has 1 N–H and O–H groups in total. The van der Waals surface area contributed by atoms with Crippen molar-refractivity contribution in [3.63, 3.8) is 0 Å². The first-order valence-electron chi connectivity index (χ1n) is 6.32. The third kappa shape index (κ3) is 2.38. The average molecular weight is 253 g/mol. The van der Waals surface area contributed by atoms with Gasteiger partial charge in [-0.2, -0.15) is 5.10 Å². The molecule has 2 fully saturated rings. The van der Waals surface area contributed by atoms with Crippen molar-refractivity contribution in [2.24, 2.45) is 0 Å². The Bertz CT molecular complexity index is 398. The summed E-state index contributed by atoms with van der Waals surface area (Å²) in [5, 5.41) is 11.6. The van der Waals surface area contributed by atoms with E-state index in [0.29, 0.717) is 17.2 Å². The summed E-state index contributed by atoms with van der Waals surface area (Å²) in [7, 11) is 0. The molecular formula is C12H17ClN4. The Morgan fingerprint density at radius 2 is 2.24 bits per heavy atom. The topological polar surface area (TPSA) is 41.0 Å². The van der Waals surface area contributed by atoms with E-state index in [4.69, 9.17) is 11.6 Å². The second-order valence-corrected chi connectivity index (χ2v) is 5.29. The number of hydrogen-bond acceptors (Lipinski definition) is 4. The van der Waals surface area contributed by atoms with Gasteiger partial charge in [0.2, 0.25) is 0 Å². The molecule has 1 aromatic heterocycles. The van der Waals surface area contributed by atoms with Gasteiger partial charge in [-0.15, -0.1) is 5.10 Å². The van der Waals surface area contributed by atoms with Gasteiger partial charge < -0.3 is 5.32 Å². The highest BCUT2D eigenvalue weighted by molar-refractivity contribution is 6.29. The molecule has 17 heavy (non-hydrogen) atoms. The maximum Gasteiger partial charge on any atom is 0.153 e. The van der Waals surface area contributed by atoms with Gasteiger partial charge in [-0.1, -0.05) is 18.0 Å². The van der Waals surface area contributed by atoms with E-state index in [-0.39, 0.29) is 0 Å². The second kappa shape index (κ2) is 4.78. The highest BCUT2D eigenvalue weighted by atomic mass is 35.5. The molecule has 4 nitrogen and oxygen atoms in total.